The number of anilines is 1. The molecule has 94 valence electrons. The third-order valence-corrected chi connectivity index (χ3v) is 3.88. The van der Waals surface area contributed by atoms with Crippen LogP contribution in [0.2, 0.25) is 0 Å². The summed E-state index contributed by atoms with van der Waals surface area (Å²) in [5, 5.41) is 3.46. The lowest BCUT2D eigenvalue weighted by molar-refractivity contribution is -0.00910. The normalized spacial score (nSPS) is 22.6. The highest BCUT2D eigenvalue weighted by Crippen LogP contribution is 2.29. The molecule has 1 saturated heterocycles. The topological polar surface area (TPSA) is 21.3 Å². The van der Waals surface area contributed by atoms with Gasteiger partial charge in [-0.3, -0.25) is 0 Å². The molecule has 0 saturated carbocycles. The molecule has 1 atom stereocenters. The van der Waals surface area contributed by atoms with Crippen LogP contribution in [0.4, 0.5) is 5.69 Å². The summed E-state index contributed by atoms with van der Waals surface area (Å²) in [5.74, 6) is 0. The Labute approximate surface area is 108 Å². The highest BCUT2D eigenvalue weighted by molar-refractivity contribution is 7.98. The minimum Gasteiger partial charge on any atom is -0.382 e. The third-order valence-electron chi connectivity index (χ3n) is 3.16. The summed E-state index contributed by atoms with van der Waals surface area (Å²) in [6.45, 7) is 5.24. The van der Waals surface area contributed by atoms with Crippen molar-refractivity contribution >= 4 is 17.4 Å². The predicted molar refractivity (Wildman–Crippen MR) is 74.9 cm³/mol. The maximum Gasteiger partial charge on any atom is 0.0755 e. The Bertz CT molecular complexity index is 378. The summed E-state index contributed by atoms with van der Waals surface area (Å²) in [6.07, 6.45) is 4.76. The number of hydrogen-bond donors (Lipinski definition) is 1. The first-order valence-corrected chi connectivity index (χ1v) is 7.37. The van der Waals surface area contributed by atoms with Gasteiger partial charge in [0.05, 0.1) is 11.7 Å². The van der Waals surface area contributed by atoms with Crippen molar-refractivity contribution in [2.45, 2.75) is 43.3 Å². The number of rotatable bonds is 4. The maximum atomic E-state index is 5.96. The molecule has 1 N–H and O–H groups in total. The predicted octanol–water partition coefficient (Wildman–Crippen LogP) is 3.78. The molecule has 0 spiro atoms. The van der Waals surface area contributed by atoms with Gasteiger partial charge in [0.15, 0.2) is 0 Å². The van der Waals surface area contributed by atoms with Crippen molar-refractivity contribution in [2.24, 2.45) is 0 Å². The average Bonchev–Trinajstić information content (AvgIpc) is 2.67. The molecule has 0 amide bonds. The molecular formula is C14H21NOS. The Morgan fingerprint density at radius 3 is 2.94 bits per heavy atom. The van der Waals surface area contributed by atoms with Crippen LogP contribution < -0.4 is 5.32 Å². The lowest BCUT2D eigenvalue weighted by atomic mass is 10.1. The van der Waals surface area contributed by atoms with Crippen LogP contribution in [0.3, 0.4) is 0 Å². The van der Waals surface area contributed by atoms with Crippen LogP contribution in [0.5, 0.6) is 0 Å². The first-order valence-electron chi connectivity index (χ1n) is 6.15. The standard InChI is InChI=1S/C14H21NOS/c1-14(2)8-7-12(16-14)10-15-11-5-4-6-13(9-11)17-3/h4-6,9,12,15H,7-8,10H2,1-3H3. The molecule has 0 radical (unpaired) electrons. The second-order valence-electron chi connectivity index (χ2n) is 5.15. The summed E-state index contributed by atoms with van der Waals surface area (Å²) >= 11 is 1.77. The van der Waals surface area contributed by atoms with Crippen molar-refractivity contribution in [3.8, 4) is 0 Å². The van der Waals surface area contributed by atoms with Gasteiger partial charge in [-0.2, -0.15) is 0 Å². The van der Waals surface area contributed by atoms with Crippen LogP contribution in [-0.2, 0) is 4.74 Å². The van der Waals surface area contributed by atoms with Crippen LogP contribution in [0.1, 0.15) is 26.7 Å². The molecule has 0 bridgehead atoms. The second kappa shape index (κ2) is 5.32. The van der Waals surface area contributed by atoms with E-state index in [2.05, 4.69) is 49.7 Å². The summed E-state index contributed by atoms with van der Waals surface area (Å²) < 4.78 is 5.96. The van der Waals surface area contributed by atoms with E-state index < -0.39 is 0 Å². The van der Waals surface area contributed by atoms with Gasteiger partial charge in [0.2, 0.25) is 0 Å². The van der Waals surface area contributed by atoms with Gasteiger partial charge in [0.1, 0.15) is 0 Å². The van der Waals surface area contributed by atoms with Crippen LogP contribution in [-0.4, -0.2) is 24.5 Å². The Morgan fingerprint density at radius 2 is 2.29 bits per heavy atom. The van der Waals surface area contributed by atoms with Crippen LogP contribution in [0, 0.1) is 0 Å². The number of benzene rings is 1. The lowest BCUT2D eigenvalue weighted by Crippen LogP contribution is -2.24. The maximum absolute atomic E-state index is 5.96. The fourth-order valence-electron chi connectivity index (χ4n) is 2.19. The van der Waals surface area contributed by atoms with E-state index in [-0.39, 0.29) is 5.60 Å². The zero-order chi connectivity index (χ0) is 12.3. The van der Waals surface area contributed by atoms with E-state index in [9.17, 15) is 0 Å². The Hall–Kier alpha value is -0.670. The second-order valence-corrected chi connectivity index (χ2v) is 6.03. The van der Waals surface area contributed by atoms with Gasteiger partial charge in [0.25, 0.3) is 0 Å². The molecular weight excluding hydrogens is 230 g/mol. The van der Waals surface area contributed by atoms with Gasteiger partial charge in [-0.15, -0.1) is 11.8 Å². The van der Waals surface area contributed by atoms with E-state index in [4.69, 9.17) is 4.74 Å². The van der Waals surface area contributed by atoms with E-state index >= 15 is 0 Å². The smallest absolute Gasteiger partial charge is 0.0755 e. The first kappa shape index (κ1) is 12.8. The van der Waals surface area contributed by atoms with Crippen molar-refractivity contribution in [1.82, 2.24) is 0 Å². The summed E-state index contributed by atoms with van der Waals surface area (Å²) in [4.78, 5) is 1.29. The molecule has 1 aromatic rings. The molecule has 0 aromatic heterocycles. The third kappa shape index (κ3) is 3.65. The Balaban J connectivity index is 1.86. The molecule has 1 aliphatic heterocycles. The number of ether oxygens (including phenoxy) is 1. The van der Waals surface area contributed by atoms with E-state index in [0.717, 1.165) is 19.4 Å². The van der Waals surface area contributed by atoms with Crippen molar-refractivity contribution in [3.05, 3.63) is 24.3 Å². The van der Waals surface area contributed by atoms with Gasteiger partial charge >= 0.3 is 0 Å². The van der Waals surface area contributed by atoms with Crippen LogP contribution >= 0.6 is 11.8 Å². The minimum atomic E-state index is 0.0630. The zero-order valence-corrected chi connectivity index (χ0v) is 11.6. The number of hydrogen-bond acceptors (Lipinski definition) is 3. The van der Waals surface area contributed by atoms with E-state index in [1.165, 1.54) is 10.6 Å². The summed E-state index contributed by atoms with van der Waals surface area (Å²) in [5.41, 5.74) is 1.25. The van der Waals surface area contributed by atoms with Crippen LogP contribution in [0.25, 0.3) is 0 Å². The van der Waals surface area contributed by atoms with Crippen molar-refractivity contribution in [3.63, 3.8) is 0 Å². The SMILES string of the molecule is CSc1cccc(NCC2CCC(C)(C)O2)c1. The number of nitrogens with one attached hydrogen (secondary N) is 1. The van der Waals surface area contributed by atoms with E-state index in [1.54, 1.807) is 11.8 Å². The molecule has 1 heterocycles. The van der Waals surface area contributed by atoms with Gasteiger partial charge in [-0.05, 0) is 51.1 Å². The van der Waals surface area contributed by atoms with Crippen molar-refractivity contribution < 1.29 is 4.74 Å². The fraction of sp³-hybridized carbons (Fsp3) is 0.571. The molecule has 0 aliphatic carbocycles. The monoisotopic (exact) mass is 251 g/mol. The highest BCUT2D eigenvalue weighted by Gasteiger charge is 2.31. The van der Waals surface area contributed by atoms with E-state index in [0.29, 0.717) is 6.10 Å². The van der Waals surface area contributed by atoms with Gasteiger partial charge in [0, 0.05) is 17.1 Å². The lowest BCUT2D eigenvalue weighted by Gasteiger charge is -2.19. The van der Waals surface area contributed by atoms with Crippen molar-refractivity contribution in [1.29, 1.82) is 0 Å². The first-order chi connectivity index (χ1) is 8.09. The molecule has 1 fully saturated rings. The Kier molecular flexibility index (Phi) is 4.00. The summed E-state index contributed by atoms with van der Waals surface area (Å²) in [6, 6.07) is 8.52. The molecule has 1 unspecified atom stereocenters. The van der Waals surface area contributed by atoms with Gasteiger partial charge in [-0.25, -0.2) is 0 Å². The summed E-state index contributed by atoms with van der Waals surface area (Å²) in [7, 11) is 0. The van der Waals surface area contributed by atoms with Gasteiger partial charge in [-0.1, -0.05) is 6.07 Å². The largest absolute Gasteiger partial charge is 0.382 e. The molecule has 2 nitrogen and oxygen atoms in total. The highest BCUT2D eigenvalue weighted by atomic mass is 32.2. The average molecular weight is 251 g/mol. The molecule has 3 heteroatoms. The number of thioether (sulfide) groups is 1. The Morgan fingerprint density at radius 1 is 1.47 bits per heavy atom. The molecule has 17 heavy (non-hydrogen) atoms. The minimum absolute atomic E-state index is 0.0630. The fourth-order valence-corrected chi connectivity index (χ4v) is 2.65. The van der Waals surface area contributed by atoms with Crippen LogP contribution in [0.15, 0.2) is 29.2 Å². The quantitative estimate of drug-likeness (QED) is 0.823. The molecule has 2 rings (SSSR count). The zero-order valence-electron chi connectivity index (χ0n) is 10.8. The molecule has 1 aromatic carbocycles. The molecule has 1 aliphatic rings. The van der Waals surface area contributed by atoms with Crippen molar-refractivity contribution in [2.75, 3.05) is 18.1 Å². The van der Waals surface area contributed by atoms with E-state index in [1.807, 2.05) is 0 Å². The van der Waals surface area contributed by atoms with Gasteiger partial charge < -0.3 is 10.1 Å².